The summed E-state index contributed by atoms with van der Waals surface area (Å²) in [4.78, 5) is 0. The second kappa shape index (κ2) is 5.74. The number of hydrogen-bond acceptors (Lipinski definition) is 3. The Labute approximate surface area is 117 Å². The average molecular weight is 281 g/mol. The van der Waals surface area contributed by atoms with Gasteiger partial charge in [-0.1, -0.05) is 23.7 Å². The lowest BCUT2D eigenvalue weighted by molar-refractivity contribution is 0.115. The number of benzene rings is 1. The van der Waals surface area contributed by atoms with Gasteiger partial charge in [0.15, 0.2) is 0 Å². The largest absolute Gasteiger partial charge is 0.395 e. The van der Waals surface area contributed by atoms with Crippen LogP contribution in [0.2, 0.25) is 5.02 Å². The van der Waals surface area contributed by atoms with Crippen molar-refractivity contribution in [3.63, 3.8) is 0 Å². The third-order valence-electron chi connectivity index (χ3n) is 3.33. The van der Waals surface area contributed by atoms with Gasteiger partial charge in [0.05, 0.1) is 18.9 Å². The number of aromatic nitrogens is 2. The van der Waals surface area contributed by atoms with E-state index in [1.807, 2.05) is 31.4 Å². The van der Waals surface area contributed by atoms with Crippen LogP contribution in [0.25, 0.3) is 0 Å². The highest BCUT2D eigenvalue weighted by atomic mass is 35.5. The molecule has 0 aliphatic heterocycles. The normalized spacial score (nSPS) is 11.8. The van der Waals surface area contributed by atoms with E-state index in [9.17, 15) is 10.2 Å². The lowest BCUT2D eigenvalue weighted by Gasteiger charge is -2.29. The molecule has 4 nitrogen and oxygen atoms in total. The van der Waals surface area contributed by atoms with E-state index in [0.29, 0.717) is 11.4 Å². The molecule has 0 saturated carbocycles. The van der Waals surface area contributed by atoms with Gasteiger partial charge in [0.2, 0.25) is 0 Å². The first-order chi connectivity index (χ1) is 9.09. The molecule has 0 radical (unpaired) electrons. The predicted molar refractivity (Wildman–Crippen MR) is 74.2 cm³/mol. The van der Waals surface area contributed by atoms with Gasteiger partial charge in [-0.15, -0.1) is 0 Å². The maximum Gasteiger partial charge on any atom is 0.0635 e. The third kappa shape index (κ3) is 2.97. The van der Waals surface area contributed by atoms with Crippen molar-refractivity contribution < 1.29 is 10.2 Å². The summed E-state index contributed by atoms with van der Waals surface area (Å²) in [6, 6.07) is 9.10. The molecule has 0 amide bonds. The monoisotopic (exact) mass is 280 g/mol. The van der Waals surface area contributed by atoms with E-state index in [4.69, 9.17) is 11.6 Å². The molecule has 0 atom stereocenters. The Morgan fingerprint density at radius 2 is 2.00 bits per heavy atom. The molecule has 2 aromatic rings. The number of rotatable bonds is 5. The molecule has 0 fully saturated rings. The Morgan fingerprint density at radius 3 is 2.53 bits per heavy atom. The van der Waals surface area contributed by atoms with Gasteiger partial charge in [-0.25, -0.2) is 0 Å². The van der Waals surface area contributed by atoms with Gasteiger partial charge in [0.25, 0.3) is 0 Å². The molecule has 0 aliphatic carbocycles. The van der Waals surface area contributed by atoms with Crippen molar-refractivity contribution in [3.05, 3.63) is 52.8 Å². The maximum atomic E-state index is 9.75. The van der Waals surface area contributed by atoms with Crippen LogP contribution >= 0.6 is 11.6 Å². The third-order valence-corrected chi connectivity index (χ3v) is 3.57. The maximum absolute atomic E-state index is 9.75. The first-order valence-electron chi connectivity index (χ1n) is 6.06. The molecule has 102 valence electrons. The number of aliphatic hydroxyl groups excluding tert-OH is 2. The molecular formula is C14H17ClN2O2. The molecule has 1 aromatic heterocycles. The number of hydrogen-bond donors (Lipinski definition) is 2. The van der Waals surface area contributed by atoms with Crippen LogP contribution < -0.4 is 0 Å². The summed E-state index contributed by atoms with van der Waals surface area (Å²) in [6.07, 6.45) is 2.30. The molecule has 0 spiro atoms. The number of aliphatic hydroxyl groups is 2. The molecule has 1 heterocycles. The molecule has 0 aliphatic rings. The van der Waals surface area contributed by atoms with Crippen LogP contribution in [0, 0.1) is 0 Å². The van der Waals surface area contributed by atoms with Crippen LogP contribution in [0.3, 0.4) is 0 Å². The topological polar surface area (TPSA) is 58.3 Å². The number of halogens is 1. The summed E-state index contributed by atoms with van der Waals surface area (Å²) in [5.41, 5.74) is 0.875. The molecule has 2 N–H and O–H groups in total. The second-order valence-corrected chi connectivity index (χ2v) is 5.20. The molecular weight excluding hydrogens is 264 g/mol. The van der Waals surface area contributed by atoms with Gasteiger partial charge in [-0.3, -0.25) is 4.68 Å². The van der Waals surface area contributed by atoms with Crippen molar-refractivity contribution in [2.45, 2.75) is 11.8 Å². The lowest BCUT2D eigenvalue weighted by Crippen LogP contribution is -2.37. The van der Waals surface area contributed by atoms with E-state index in [1.54, 1.807) is 16.8 Å². The van der Waals surface area contributed by atoms with Gasteiger partial charge in [-0.05, 0) is 23.8 Å². The van der Waals surface area contributed by atoms with Crippen LogP contribution in [0.1, 0.15) is 11.3 Å². The zero-order valence-electron chi connectivity index (χ0n) is 10.8. The Morgan fingerprint density at radius 1 is 1.26 bits per heavy atom. The van der Waals surface area contributed by atoms with Crippen molar-refractivity contribution >= 4 is 11.6 Å². The summed E-state index contributed by atoms with van der Waals surface area (Å²) < 4.78 is 1.70. The highest BCUT2D eigenvalue weighted by Crippen LogP contribution is 2.29. The van der Waals surface area contributed by atoms with E-state index in [-0.39, 0.29) is 13.2 Å². The van der Waals surface area contributed by atoms with Crippen LogP contribution in [0.4, 0.5) is 0 Å². The molecule has 0 unspecified atom stereocenters. The first kappa shape index (κ1) is 14.1. The first-order valence-corrected chi connectivity index (χ1v) is 6.44. The Balaban J connectivity index is 2.37. The van der Waals surface area contributed by atoms with E-state index in [2.05, 4.69) is 5.10 Å². The van der Waals surface area contributed by atoms with Crippen LogP contribution in [0.5, 0.6) is 0 Å². The van der Waals surface area contributed by atoms with E-state index >= 15 is 0 Å². The van der Waals surface area contributed by atoms with Crippen molar-refractivity contribution in [2.24, 2.45) is 7.05 Å². The minimum Gasteiger partial charge on any atom is -0.395 e. The van der Waals surface area contributed by atoms with Crippen LogP contribution in [-0.2, 0) is 18.9 Å². The molecule has 0 bridgehead atoms. The Bertz CT molecular complexity index is 550. The quantitative estimate of drug-likeness (QED) is 0.873. The fourth-order valence-electron chi connectivity index (χ4n) is 2.17. The summed E-state index contributed by atoms with van der Waals surface area (Å²) in [7, 11) is 1.84. The second-order valence-electron chi connectivity index (χ2n) is 4.76. The van der Waals surface area contributed by atoms with Gasteiger partial charge < -0.3 is 10.2 Å². The van der Waals surface area contributed by atoms with E-state index < -0.39 is 5.41 Å². The van der Waals surface area contributed by atoms with Gasteiger partial charge in [-0.2, -0.15) is 5.10 Å². The van der Waals surface area contributed by atoms with Gasteiger partial charge in [0, 0.05) is 30.1 Å². The van der Waals surface area contributed by atoms with E-state index in [0.717, 1.165) is 11.3 Å². The molecule has 0 saturated heterocycles. The molecule has 19 heavy (non-hydrogen) atoms. The van der Waals surface area contributed by atoms with Crippen molar-refractivity contribution in [3.8, 4) is 0 Å². The highest BCUT2D eigenvalue weighted by Gasteiger charge is 2.32. The smallest absolute Gasteiger partial charge is 0.0635 e. The van der Waals surface area contributed by atoms with Gasteiger partial charge >= 0.3 is 0 Å². The van der Waals surface area contributed by atoms with Crippen molar-refractivity contribution in [1.29, 1.82) is 0 Å². The Hall–Kier alpha value is -1.36. The predicted octanol–water partition coefficient (Wildman–Crippen LogP) is 1.54. The lowest BCUT2D eigenvalue weighted by atomic mass is 9.78. The molecule has 2 rings (SSSR count). The highest BCUT2D eigenvalue weighted by molar-refractivity contribution is 6.30. The number of aryl methyl sites for hydroxylation is 1. The van der Waals surface area contributed by atoms with E-state index in [1.165, 1.54) is 0 Å². The fraction of sp³-hybridized carbons (Fsp3) is 0.357. The summed E-state index contributed by atoms with van der Waals surface area (Å²) in [5, 5.41) is 24.4. The van der Waals surface area contributed by atoms with Gasteiger partial charge in [0.1, 0.15) is 0 Å². The standard InChI is InChI=1S/C14H17ClN2O2/c1-17-6-5-13(16-17)8-14(9-18,10-19)11-3-2-4-12(15)7-11/h2-7,18-19H,8-10H2,1H3. The minimum atomic E-state index is -0.765. The minimum absolute atomic E-state index is 0.166. The summed E-state index contributed by atoms with van der Waals surface area (Å²) in [6.45, 7) is -0.333. The number of nitrogens with zero attached hydrogens (tertiary/aromatic N) is 2. The summed E-state index contributed by atoms with van der Waals surface area (Å²) in [5.74, 6) is 0. The SMILES string of the molecule is Cn1ccc(CC(CO)(CO)c2cccc(Cl)c2)n1. The van der Waals surface area contributed by atoms with Crippen LogP contribution in [0.15, 0.2) is 36.5 Å². The zero-order valence-corrected chi connectivity index (χ0v) is 11.5. The summed E-state index contributed by atoms with van der Waals surface area (Å²) >= 11 is 5.99. The van der Waals surface area contributed by atoms with Crippen molar-refractivity contribution in [2.75, 3.05) is 13.2 Å². The Kier molecular flexibility index (Phi) is 4.24. The molecule has 5 heteroatoms. The average Bonchev–Trinajstić information content (AvgIpc) is 2.81. The fourth-order valence-corrected chi connectivity index (χ4v) is 2.36. The van der Waals surface area contributed by atoms with Crippen LogP contribution in [-0.4, -0.2) is 33.2 Å². The molecule has 1 aromatic carbocycles. The zero-order chi connectivity index (χ0) is 13.9. The van der Waals surface area contributed by atoms with Crippen molar-refractivity contribution in [1.82, 2.24) is 9.78 Å².